The summed E-state index contributed by atoms with van der Waals surface area (Å²) in [7, 11) is 0. The van der Waals surface area contributed by atoms with Crippen molar-refractivity contribution >= 4 is 21.6 Å². The van der Waals surface area contributed by atoms with Crippen LogP contribution in [0.15, 0.2) is 53.1 Å². The zero-order valence-corrected chi connectivity index (χ0v) is 9.92. The van der Waals surface area contributed by atoms with Crippen LogP contribution in [0.25, 0.3) is 17.0 Å². The summed E-state index contributed by atoms with van der Waals surface area (Å²) < 4.78 is 2.78. The van der Waals surface area contributed by atoms with E-state index in [0.29, 0.717) is 0 Å². The Morgan fingerprint density at radius 2 is 1.81 bits per heavy atom. The Hall–Kier alpha value is -1.68. The molecule has 0 atom stereocenters. The van der Waals surface area contributed by atoms with Crippen molar-refractivity contribution < 1.29 is 0 Å². The first kappa shape index (κ1) is 9.54. The summed E-state index contributed by atoms with van der Waals surface area (Å²) in [5.41, 5.74) is 1.86. The quantitative estimate of drug-likeness (QED) is 0.682. The number of halogens is 1. The minimum absolute atomic E-state index is 0.735. The van der Waals surface area contributed by atoms with Crippen molar-refractivity contribution in [1.29, 1.82) is 0 Å². The van der Waals surface area contributed by atoms with E-state index in [4.69, 9.17) is 0 Å². The van der Waals surface area contributed by atoms with Gasteiger partial charge in [0.15, 0.2) is 11.5 Å². The second-order valence-electron chi connectivity index (χ2n) is 3.42. The lowest BCUT2D eigenvalue weighted by Crippen LogP contribution is -1.85. The Kier molecular flexibility index (Phi) is 2.22. The van der Waals surface area contributed by atoms with Gasteiger partial charge in [0, 0.05) is 16.2 Å². The Balaban J connectivity index is 2.23. The van der Waals surface area contributed by atoms with Crippen LogP contribution in [0.4, 0.5) is 0 Å². The molecule has 2 heterocycles. The van der Waals surface area contributed by atoms with Crippen molar-refractivity contribution in [3.63, 3.8) is 0 Å². The number of pyridine rings is 1. The zero-order chi connectivity index (χ0) is 11.0. The predicted octanol–water partition coefficient (Wildman–Crippen LogP) is 3.16. The highest BCUT2D eigenvalue weighted by atomic mass is 79.9. The van der Waals surface area contributed by atoms with Crippen LogP contribution in [0.3, 0.4) is 0 Å². The van der Waals surface area contributed by atoms with E-state index in [1.165, 1.54) is 0 Å². The van der Waals surface area contributed by atoms with E-state index >= 15 is 0 Å². The maximum Gasteiger partial charge on any atom is 0.183 e. The lowest BCUT2D eigenvalue weighted by atomic mass is 10.2. The molecule has 0 saturated carbocycles. The summed E-state index contributed by atoms with van der Waals surface area (Å²) >= 11 is 3.50. The highest BCUT2D eigenvalue weighted by molar-refractivity contribution is 9.10. The van der Waals surface area contributed by atoms with Crippen LogP contribution in [0, 0.1) is 0 Å². The first-order valence-corrected chi connectivity index (χ1v) is 5.70. The molecule has 0 amide bonds. The highest BCUT2D eigenvalue weighted by Crippen LogP contribution is 2.25. The molecule has 0 bridgehead atoms. The summed E-state index contributed by atoms with van der Waals surface area (Å²) in [6.45, 7) is 0. The summed E-state index contributed by atoms with van der Waals surface area (Å²) in [6, 6.07) is 13.8. The standard InChI is InChI=1S/C12H8BrN3/c13-10-6-2-1-5-9(10)12-14-11-7-3-4-8-16(11)15-12/h1-8H. The fourth-order valence-electron chi connectivity index (χ4n) is 1.59. The molecule has 0 aliphatic rings. The summed E-state index contributed by atoms with van der Waals surface area (Å²) in [6.07, 6.45) is 1.89. The minimum atomic E-state index is 0.735. The van der Waals surface area contributed by atoms with Gasteiger partial charge in [0.05, 0.1) is 0 Å². The number of hydrogen-bond acceptors (Lipinski definition) is 2. The van der Waals surface area contributed by atoms with Gasteiger partial charge in [-0.15, -0.1) is 5.10 Å². The Bertz CT molecular complexity index is 612. The van der Waals surface area contributed by atoms with E-state index in [1.807, 2.05) is 48.7 Å². The van der Waals surface area contributed by atoms with Crippen LogP contribution < -0.4 is 0 Å². The SMILES string of the molecule is Brc1ccccc1-c1nc2ccccn2n1. The van der Waals surface area contributed by atoms with Gasteiger partial charge in [-0.2, -0.15) is 0 Å². The van der Waals surface area contributed by atoms with E-state index in [2.05, 4.69) is 26.0 Å². The number of nitrogens with zero attached hydrogens (tertiary/aromatic N) is 3. The van der Waals surface area contributed by atoms with Gasteiger partial charge >= 0.3 is 0 Å². The molecule has 78 valence electrons. The predicted molar refractivity (Wildman–Crippen MR) is 66.1 cm³/mol. The molecule has 4 heteroatoms. The minimum Gasteiger partial charge on any atom is -0.221 e. The fourth-order valence-corrected chi connectivity index (χ4v) is 2.05. The number of fused-ring (bicyclic) bond motifs is 1. The number of hydrogen-bond donors (Lipinski definition) is 0. The molecular formula is C12H8BrN3. The van der Waals surface area contributed by atoms with E-state index < -0.39 is 0 Å². The van der Waals surface area contributed by atoms with E-state index in [1.54, 1.807) is 4.52 Å². The molecule has 0 radical (unpaired) electrons. The smallest absolute Gasteiger partial charge is 0.183 e. The molecule has 0 aliphatic heterocycles. The van der Waals surface area contributed by atoms with Crippen molar-refractivity contribution in [1.82, 2.24) is 14.6 Å². The van der Waals surface area contributed by atoms with Crippen molar-refractivity contribution in [3.05, 3.63) is 53.1 Å². The molecule has 0 saturated heterocycles. The van der Waals surface area contributed by atoms with Gasteiger partial charge in [0.1, 0.15) is 0 Å². The lowest BCUT2D eigenvalue weighted by Gasteiger charge is -1.96. The monoisotopic (exact) mass is 273 g/mol. The molecule has 0 N–H and O–H groups in total. The van der Waals surface area contributed by atoms with Crippen molar-refractivity contribution in [2.75, 3.05) is 0 Å². The topological polar surface area (TPSA) is 30.2 Å². The number of aromatic nitrogens is 3. The third kappa shape index (κ3) is 1.51. The maximum absolute atomic E-state index is 4.47. The summed E-state index contributed by atoms with van der Waals surface area (Å²) in [4.78, 5) is 4.47. The maximum atomic E-state index is 4.47. The van der Waals surface area contributed by atoms with Gasteiger partial charge in [-0.25, -0.2) is 9.50 Å². The Morgan fingerprint density at radius 3 is 2.62 bits per heavy atom. The van der Waals surface area contributed by atoms with Gasteiger partial charge in [-0.3, -0.25) is 0 Å². The average molecular weight is 274 g/mol. The van der Waals surface area contributed by atoms with E-state index in [-0.39, 0.29) is 0 Å². The highest BCUT2D eigenvalue weighted by Gasteiger charge is 2.08. The van der Waals surface area contributed by atoms with Gasteiger partial charge in [-0.1, -0.05) is 34.1 Å². The van der Waals surface area contributed by atoms with Gasteiger partial charge in [-0.05, 0) is 24.3 Å². The molecule has 0 spiro atoms. The Morgan fingerprint density at radius 1 is 1.00 bits per heavy atom. The summed E-state index contributed by atoms with van der Waals surface area (Å²) in [5, 5.41) is 4.42. The first-order valence-electron chi connectivity index (χ1n) is 4.91. The van der Waals surface area contributed by atoms with Gasteiger partial charge in [0.25, 0.3) is 0 Å². The summed E-state index contributed by atoms with van der Waals surface area (Å²) in [5.74, 6) is 0.735. The fraction of sp³-hybridized carbons (Fsp3) is 0. The van der Waals surface area contributed by atoms with Gasteiger partial charge < -0.3 is 0 Å². The van der Waals surface area contributed by atoms with Crippen molar-refractivity contribution in [2.45, 2.75) is 0 Å². The second kappa shape index (κ2) is 3.72. The van der Waals surface area contributed by atoms with Crippen molar-refractivity contribution in [2.24, 2.45) is 0 Å². The van der Waals surface area contributed by atoms with Crippen LogP contribution in [0.5, 0.6) is 0 Å². The normalized spacial score (nSPS) is 10.8. The van der Waals surface area contributed by atoms with Crippen LogP contribution in [-0.2, 0) is 0 Å². The largest absolute Gasteiger partial charge is 0.221 e. The number of rotatable bonds is 1. The lowest BCUT2D eigenvalue weighted by molar-refractivity contribution is 0.965. The molecule has 3 nitrogen and oxygen atoms in total. The molecule has 1 aromatic carbocycles. The van der Waals surface area contributed by atoms with Gasteiger partial charge in [0.2, 0.25) is 0 Å². The average Bonchev–Trinajstić information content (AvgIpc) is 2.73. The molecule has 0 unspecified atom stereocenters. The van der Waals surface area contributed by atoms with E-state index in [0.717, 1.165) is 21.5 Å². The Labute approximate surface area is 101 Å². The van der Waals surface area contributed by atoms with Crippen LogP contribution in [0.1, 0.15) is 0 Å². The van der Waals surface area contributed by atoms with Crippen LogP contribution in [-0.4, -0.2) is 14.6 Å². The molecule has 2 aromatic heterocycles. The molecule has 16 heavy (non-hydrogen) atoms. The third-order valence-corrected chi connectivity index (χ3v) is 3.05. The molecule has 0 fully saturated rings. The molecule has 3 aromatic rings. The zero-order valence-electron chi connectivity index (χ0n) is 8.34. The molecule has 3 rings (SSSR count). The number of benzene rings is 1. The van der Waals surface area contributed by atoms with E-state index in [9.17, 15) is 0 Å². The first-order chi connectivity index (χ1) is 7.84. The third-order valence-electron chi connectivity index (χ3n) is 2.36. The van der Waals surface area contributed by atoms with Crippen LogP contribution >= 0.6 is 15.9 Å². The van der Waals surface area contributed by atoms with Crippen molar-refractivity contribution in [3.8, 4) is 11.4 Å². The molecule has 0 aliphatic carbocycles. The van der Waals surface area contributed by atoms with Crippen LogP contribution in [0.2, 0.25) is 0 Å². The molecular weight excluding hydrogens is 266 g/mol. The second-order valence-corrected chi connectivity index (χ2v) is 4.27.